The average molecular weight is 230 g/mol. The number of nitrogens with zero attached hydrogens (tertiary/aromatic N) is 2. The van der Waals surface area contributed by atoms with Crippen LogP contribution in [0.1, 0.15) is 12.6 Å². The number of rotatable bonds is 2. The van der Waals surface area contributed by atoms with Gasteiger partial charge >= 0.3 is 5.69 Å². The minimum atomic E-state index is -0.870. The quantitative estimate of drug-likeness (QED) is 0.682. The predicted molar refractivity (Wildman–Crippen MR) is 50.1 cm³/mol. The topological polar surface area (TPSA) is 84.6 Å². The highest BCUT2D eigenvalue weighted by Gasteiger charge is 2.34. The molecule has 3 atom stereocenters. The van der Waals surface area contributed by atoms with Gasteiger partial charge in [-0.1, -0.05) is 0 Å². The van der Waals surface area contributed by atoms with Gasteiger partial charge in [0, 0.05) is 12.6 Å². The fourth-order valence-corrected chi connectivity index (χ4v) is 1.66. The average Bonchev–Trinajstić information content (AvgIpc) is 2.63. The Morgan fingerprint density at radius 3 is 3.06 bits per heavy atom. The molecule has 1 aliphatic rings. The van der Waals surface area contributed by atoms with E-state index in [1.807, 2.05) is 0 Å². The Hall–Kier alpha value is -1.31. The van der Waals surface area contributed by atoms with Crippen LogP contribution in [0.3, 0.4) is 0 Å². The second-order valence-corrected chi connectivity index (χ2v) is 3.58. The van der Waals surface area contributed by atoms with E-state index in [1.54, 1.807) is 0 Å². The molecule has 88 valence electrons. The lowest BCUT2D eigenvalue weighted by molar-refractivity contribution is -0.0461. The third-order valence-electron chi connectivity index (χ3n) is 2.48. The molecule has 2 rings (SSSR count). The Morgan fingerprint density at radius 1 is 1.69 bits per heavy atom. The molecule has 6 nitrogen and oxygen atoms in total. The zero-order chi connectivity index (χ0) is 11.7. The second kappa shape index (κ2) is 4.28. The number of halogens is 1. The summed E-state index contributed by atoms with van der Waals surface area (Å²) in [6, 6.07) is 0. The van der Waals surface area contributed by atoms with Crippen molar-refractivity contribution >= 4 is 0 Å². The highest BCUT2D eigenvalue weighted by atomic mass is 19.1. The maximum Gasteiger partial charge on any atom is 0.349 e. The summed E-state index contributed by atoms with van der Waals surface area (Å²) in [6.07, 6.45) is -0.510. The smallest absolute Gasteiger partial charge is 0.349 e. The number of hydrogen-bond acceptors (Lipinski definition) is 5. The summed E-state index contributed by atoms with van der Waals surface area (Å²) < 4.78 is 19.1. The highest BCUT2D eigenvalue weighted by Crippen LogP contribution is 2.27. The van der Waals surface area contributed by atoms with Crippen LogP contribution in [-0.2, 0) is 4.74 Å². The molecule has 0 radical (unpaired) electrons. The molecule has 2 N–H and O–H groups in total. The number of hydrogen-bond donors (Lipinski definition) is 2. The van der Waals surface area contributed by atoms with E-state index < -0.39 is 29.9 Å². The molecule has 1 saturated heterocycles. The molecule has 0 saturated carbocycles. The third-order valence-corrected chi connectivity index (χ3v) is 2.48. The van der Waals surface area contributed by atoms with Crippen molar-refractivity contribution in [3.05, 3.63) is 28.7 Å². The van der Waals surface area contributed by atoms with E-state index in [1.165, 1.54) is 0 Å². The number of aliphatic hydroxyl groups is 2. The Kier molecular flexibility index (Phi) is 2.99. The van der Waals surface area contributed by atoms with Crippen LogP contribution in [0.5, 0.6) is 0 Å². The van der Waals surface area contributed by atoms with Crippen molar-refractivity contribution in [3.63, 3.8) is 0 Å². The summed E-state index contributed by atoms with van der Waals surface area (Å²) in [5.74, 6) is -0.662. The zero-order valence-electron chi connectivity index (χ0n) is 8.28. The van der Waals surface area contributed by atoms with E-state index in [9.17, 15) is 14.3 Å². The fourth-order valence-electron chi connectivity index (χ4n) is 1.66. The van der Waals surface area contributed by atoms with Crippen LogP contribution in [0, 0.1) is 5.82 Å². The molecule has 0 aromatic carbocycles. The van der Waals surface area contributed by atoms with Gasteiger partial charge in [-0.05, 0) is 0 Å². The molecule has 2 heterocycles. The maximum absolute atomic E-state index is 12.9. The van der Waals surface area contributed by atoms with Crippen LogP contribution in [0.4, 0.5) is 4.39 Å². The van der Waals surface area contributed by atoms with Crippen LogP contribution >= 0.6 is 0 Å². The Balaban J connectivity index is 2.26. The first kappa shape index (κ1) is 11.2. The summed E-state index contributed by atoms with van der Waals surface area (Å²) in [4.78, 5) is 14.6. The molecule has 1 fully saturated rings. The lowest BCUT2D eigenvalue weighted by atomic mass is 10.2. The first-order valence-corrected chi connectivity index (χ1v) is 4.80. The van der Waals surface area contributed by atoms with Gasteiger partial charge in [0.2, 0.25) is 0 Å². The molecular formula is C9H11FN2O4. The van der Waals surface area contributed by atoms with Crippen molar-refractivity contribution in [2.24, 2.45) is 0 Å². The molecule has 0 bridgehead atoms. The van der Waals surface area contributed by atoms with Crippen LogP contribution in [0.25, 0.3) is 0 Å². The number of ether oxygens (including phenoxy) is 1. The van der Waals surface area contributed by atoms with Crippen LogP contribution in [0.15, 0.2) is 17.2 Å². The predicted octanol–water partition coefficient (Wildman–Crippen LogP) is -0.977. The molecule has 1 aromatic rings. The lowest BCUT2D eigenvalue weighted by Crippen LogP contribution is -2.27. The second-order valence-electron chi connectivity index (χ2n) is 3.58. The van der Waals surface area contributed by atoms with Crippen molar-refractivity contribution in [1.29, 1.82) is 0 Å². The molecule has 0 unspecified atom stereocenters. The van der Waals surface area contributed by atoms with Crippen LogP contribution in [-0.4, -0.2) is 38.6 Å². The molecule has 16 heavy (non-hydrogen) atoms. The van der Waals surface area contributed by atoms with Crippen molar-refractivity contribution in [1.82, 2.24) is 9.55 Å². The maximum atomic E-state index is 12.9. The van der Waals surface area contributed by atoms with E-state index >= 15 is 0 Å². The summed E-state index contributed by atoms with van der Waals surface area (Å²) in [5, 5.41) is 18.3. The summed E-state index contributed by atoms with van der Waals surface area (Å²) in [5.41, 5.74) is -0.655. The van der Waals surface area contributed by atoms with Gasteiger partial charge in [-0.2, -0.15) is 4.98 Å². The standard InChI is InChI=1S/C9H11FN2O4/c10-5-2-11-9(15)12(3-5)8-1-6(14)7(4-13)16-8/h2-3,6-8,13-14H,1,4H2/t6-,7+,8-/m0/s1. The SMILES string of the molecule is O=c1ncc(F)cn1[C@@H]1C[C@H](O)[C@@H](CO)O1. The molecule has 1 aliphatic heterocycles. The molecule has 0 aliphatic carbocycles. The summed E-state index contributed by atoms with van der Waals surface area (Å²) in [6.45, 7) is -0.352. The van der Waals surface area contributed by atoms with Crippen molar-refractivity contribution < 1.29 is 19.3 Å². The molecular weight excluding hydrogens is 219 g/mol. The Bertz CT molecular complexity index is 436. The molecule has 0 spiro atoms. The fraction of sp³-hybridized carbons (Fsp3) is 0.556. The monoisotopic (exact) mass is 230 g/mol. The van der Waals surface area contributed by atoms with Gasteiger partial charge in [0.05, 0.1) is 18.9 Å². The van der Waals surface area contributed by atoms with Crippen molar-refractivity contribution in [2.75, 3.05) is 6.61 Å². The van der Waals surface area contributed by atoms with Gasteiger partial charge < -0.3 is 14.9 Å². The number of aromatic nitrogens is 2. The van der Waals surface area contributed by atoms with Gasteiger partial charge in [0.1, 0.15) is 12.3 Å². The highest BCUT2D eigenvalue weighted by molar-refractivity contribution is 4.90. The summed E-state index contributed by atoms with van der Waals surface area (Å²) >= 11 is 0. The summed E-state index contributed by atoms with van der Waals surface area (Å²) in [7, 11) is 0. The van der Waals surface area contributed by atoms with E-state index in [0.717, 1.165) is 17.0 Å². The molecule has 7 heteroatoms. The van der Waals surface area contributed by atoms with Crippen LogP contribution in [0.2, 0.25) is 0 Å². The minimum Gasteiger partial charge on any atom is -0.394 e. The lowest BCUT2D eigenvalue weighted by Gasteiger charge is -2.13. The van der Waals surface area contributed by atoms with E-state index in [0.29, 0.717) is 0 Å². The van der Waals surface area contributed by atoms with E-state index in [4.69, 9.17) is 9.84 Å². The normalized spacial score (nSPS) is 29.6. The van der Waals surface area contributed by atoms with Gasteiger partial charge in [0.25, 0.3) is 0 Å². The van der Waals surface area contributed by atoms with Gasteiger partial charge in [0.15, 0.2) is 5.82 Å². The Labute approximate surface area is 89.9 Å². The largest absolute Gasteiger partial charge is 0.394 e. The Morgan fingerprint density at radius 2 is 2.44 bits per heavy atom. The third kappa shape index (κ3) is 1.97. The van der Waals surface area contributed by atoms with Crippen LogP contribution < -0.4 is 5.69 Å². The zero-order valence-corrected chi connectivity index (χ0v) is 8.28. The van der Waals surface area contributed by atoms with Gasteiger partial charge in [-0.3, -0.25) is 4.57 Å². The minimum absolute atomic E-state index is 0.121. The molecule has 0 amide bonds. The number of aliphatic hydroxyl groups excluding tert-OH is 2. The molecule has 1 aromatic heterocycles. The van der Waals surface area contributed by atoms with Crippen molar-refractivity contribution in [2.45, 2.75) is 24.9 Å². The van der Waals surface area contributed by atoms with E-state index in [-0.39, 0.29) is 13.0 Å². The van der Waals surface area contributed by atoms with E-state index in [2.05, 4.69) is 4.98 Å². The first-order chi connectivity index (χ1) is 7.61. The van der Waals surface area contributed by atoms with Gasteiger partial charge in [-0.15, -0.1) is 0 Å². The van der Waals surface area contributed by atoms with Gasteiger partial charge in [-0.25, -0.2) is 9.18 Å². The van der Waals surface area contributed by atoms with Crippen molar-refractivity contribution in [3.8, 4) is 0 Å². The first-order valence-electron chi connectivity index (χ1n) is 4.80.